The number of fused-ring (bicyclic) bond motifs is 1. The molecule has 0 aliphatic carbocycles. The predicted molar refractivity (Wildman–Crippen MR) is 118 cm³/mol. The number of para-hydroxylation sites is 1. The van der Waals surface area contributed by atoms with E-state index in [0.717, 1.165) is 18.6 Å². The summed E-state index contributed by atoms with van der Waals surface area (Å²) in [7, 11) is 0. The van der Waals surface area contributed by atoms with Gasteiger partial charge in [0.15, 0.2) is 0 Å². The first-order chi connectivity index (χ1) is 14.7. The number of nitrogens with zero attached hydrogens (tertiary/aromatic N) is 2. The standard InChI is InChI=1S/C24H35N3O4/c1-6-16(4)23(29)25-21(15(2)3)24(30)26-13-12-19-22(26)20(14-27(19)17(5)28)31-18-10-8-7-9-11-18/h7-11,15-16,19-22H,6,12-14H2,1-5H3,(H,25,29)/t16-,19-,20+,21+,22+/m1/s1. The zero-order valence-corrected chi connectivity index (χ0v) is 19.2. The quantitative estimate of drug-likeness (QED) is 0.722. The fourth-order valence-electron chi connectivity index (χ4n) is 4.60. The molecule has 0 saturated carbocycles. The van der Waals surface area contributed by atoms with E-state index in [4.69, 9.17) is 4.74 Å². The van der Waals surface area contributed by atoms with Gasteiger partial charge in [-0.3, -0.25) is 14.4 Å². The van der Waals surface area contributed by atoms with Crippen LogP contribution in [0.25, 0.3) is 0 Å². The van der Waals surface area contributed by atoms with Gasteiger partial charge in [0.1, 0.15) is 17.9 Å². The first-order valence-corrected chi connectivity index (χ1v) is 11.3. The van der Waals surface area contributed by atoms with Gasteiger partial charge in [-0.1, -0.05) is 45.9 Å². The van der Waals surface area contributed by atoms with Crippen LogP contribution in [0.2, 0.25) is 0 Å². The van der Waals surface area contributed by atoms with E-state index < -0.39 is 6.04 Å². The Labute approximate surface area is 185 Å². The van der Waals surface area contributed by atoms with Gasteiger partial charge in [-0.25, -0.2) is 0 Å². The number of carbonyl (C=O) groups excluding carboxylic acids is 3. The third-order valence-corrected chi connectivity index (χ3v) is 6.59. The Hall–Kier alpha value is -2.57. The summed E-state index contributed by atoms with van der Waals surface area (Å²) in [6.45, 7) is 10.3. The maximum Gasteiger partial charge on any atom is 0.245 e. The molecule has 2 aliphatic rings. The van der Waals surface area contributed by atoms with Gasteiger partial charge in [0.2, 0.25) is 17.7 Å². The highest BCUT2D eigenvalue weighted by atomic mass is 16.5. The number of nitrogens with one attached hydrogen (secondary N) is 1. The van der Waals surface area contributed by atoms with Crippen molar-refractivity contribution in [2.24, 2.45) is 11.8 Å². The summed E-state index contributed by atoms with van der Waals surface area (Å²) in [4.78, 5) is 42.1. The average Bonchev–Trinajstić information content (AvgIpc) is 3.32. The SMILES string of the molecule is CC[C@@H](C)C(=O)N[C@H](C(=O)N1CC[C@@H]2[C@H]1[C@@H](Oc1ccccc1)CN2C(C)=O)C(C)C. The van der Waals surface area contributed by atoms with Crippen LogP contribution < -0.4 is 10.1 Å². The van der Waals surface area contributed by atoms with Crippen molar-refractivity contribution >= 4 is 17.7 Å². The molecule has 0 aromatic heterocycles. The van der Waals surface area contributed by atoms with Crippen LogP contribution in [0.4, 0.5) is 0 Å². The molecule has 2 saturated heterocycles. The maximum absolute atomic E-state index is 13.6. The molecule has 0 unspecified atom stereocenters. The van der Waals surface area contributed by atoms with Crippen LogP contribution in [0, 0.1) is 11.8 Å². The Kier molecular flexibility index (Phi) is 7.23. The highest BCUT2D eigenvalue weighted by molar-refractivity contribution is 5.89. The Morgan fingerprint density at radius 1 is 1.13 bits per heavy atom. The number of benzene rings is 1. The first kappa shape index (κ1) is 23.1. The van der Waals surface area contributed by atoms with Crippen LogP contribution >= 0.6 is 0 Å². The zero-order valence-electron chi connectivity index (χ0n) is 19.2. The van der Waals surface area contributed by atoms with Gasteiger partial charge in [0.05, 0.1) is 18.6 Å². The molecule has 1 aromatic rings. The number of carbonyl (C=O) groups is 3. The number of hydrogen-bond acceptors (Lipinski definition) is 4. The second kappa shape index (κ2) is 9.71. The molecule has 7 heteroatoms. The van der Waals surface area contributed by atoms with E-state index >= 15 is 0 Å². The lowest BCUT2D eigenvalue weighted by molar-refractivity contribution is -0.140. The largest absolute Gasteiger partial charge is 0.486 e. The van der Waals surface area contributed by atoms with E-state index in [-0.39, 0.29) is 47.7 Å². The third kappa shape index (κ3) is 4.86. The molecule has 7 nitrogen and oxygen atoms in total. The van der Waals surface area contributed by atoms with Crippen molar-refractivity contribution in [3.63, 3.8) is 0 Å². The minimum Gasteiger partial charge on any atom is -0.486 e. The Balaban J connectivity index is 1.83. The summed E-state index contributed by atoms with van der Waals surface area (Å²) >= 11 is 0. The molecule has 1 N–H and O–H groups in total. The van der Waals surface area contributed by atoms with E-state index in [1.54, 1.807) is 6.92 Å². The van der Waals surface area contributed by atoms with Crippen molar-refractivity contribution in [3.8, 4) is 5.75 Å². The molecule has 31 heavy (non-hydrogen) atoms. The molecular formula is C24H35N3O4. The molecule has 170 valence electrons. The summed E-state index contributed by atoms with van der Waals surface area (Å²) in [6, 6.07) is 8.62. The highest BCUT2D eigenvalue weighted by Crippen LogP contribution is 2.35. The Bertz CT molecular complexity index is 797. The number of likely N-dealkylation sites (tertiary alicyclic amines) is 2. The Morgan fingerprint density at radius 3 is 2.39 bits per heavy atom. The lowest BCUT2D eigenvalue weighted by Gasteiger charge is -2.33. The van der Waals surface area contributed by atoms with Gasteiger partial charge in [-0.15, -0.1) is 0 Å². The fraction of sp³-hybridized carbons (Fsp3) is 0.625. The molecule has 1 aromatic carbocycles. The van der Waals surface area contributed by atoms with Crippen LogP contribution in [0.5, 0.6) is 5.75 Å². The lowest BCUT2D eigenvalue weighted by Crippen LogP contribution is -2.56. The molecule has 0 bridgehead atoms. The molecule has 5 atom stereocenters. The third-order valence-electron chi connectivity index (χ3n) is 6.59. The molecule has 2 aliphatic heterocycles. The minimum atomic E-state index is -0.594. The molecule has 2 fully saturated rings. The average molecular weight is 430 g/mol. The van der Waals surface area contributed by atoms with Crippen molar-refractivity contribution in [1.82, 2.24) is 15.1 Å². The maximum atomic E-state index is 13.6. The molecule has 0 spiro atoms. The smallest absolute Gasteiger partial charge is 0.245 e. The first-order valence-electron chi connectivity index (χ1n) is 11.3. The monoisotopic (exact) mass is 429 g/mol. The van der Waals surface area contributed by atoms with Crippen molar-refractivity contribution < 1.29 is 19.1 Å². The molecule has 0 radical (unpaired) electrons. The van der Waals surface area contributed by atoms with Crippen LogP contribution in [0.15, 0.2) is 30.3 Å². The fourth-order valence-corrected chi connectivity index (χ4v) is 4.60. The second-order valence-corrected chi connectivity index (χ2v) is 9.06. The summed E-state index contributed by atoms with van der Waals surface area (Å²) in [5.41, 5.74) is 0. The topological polar surface area (TPSA) is 79.0 Å². The summed E-state index contributed by atoms with van der Waals surface area (Å²) in [5, 5.41) is 2.97. The predicted octanol–water partition coefficient (Wildman–Crippen LogP) is 2.45. The van der Waals surface area contributed by atoms with E-state index in [1.165, 1.54) is 0 Å². The van der Waals surface area contributed by atoms with Gasteiger partial charge < -0.3 is 19.9 Å². The number of rotatable bonds is 7. The van der Waals surface area contributed by atoms with Crippen molar-refractivity contribution in [3.05, 3.63) is 30.3 Å². The number of amides is 3. The minimum absolute atomic E-state index is 0.00561. The van der Waals surface area contributed by atoms with Gasteiger partial charge in [-0.2, -0.15) is 0 Å². The Morgan fingerprint density at radius 2 is 1.81 bits per heavy atom. The van der Waals surface area contributed by atoms with Crippen molar-refractivity contribution in [1.29, 1.82) is 0 Å². The summed E-state index contributed by atoms with van der Waals surface area (Å²) in [6.07, 6.45) is 1.13. The van der Waals surface area contributed by atoms with Gasteiger partial charge in [0, 0.05) is 19.4 Å². The van der Waals surface area contributed by atoms with E-state index in [9.17, 15) is 14.4 Å². The summed E-state index contributed by atoms with van der Waals surface area (Å²) in [5.74, 6) is 0.341. The summed E-state index contributed by atoms with van der Waals surface area (Å²) < 4.78 is 6.25. The molecular weight excluding hydrogens is 394 g/mol. The van der Waals surface area contributed by atoms with Crippen molar-refractivity contribution in [2.75, 3.05) is 13.1 Å². The highest BCUT2D eigenvalue weighted by Gasteiger charge is 2.53. The van der Waals surface area contributed by atoms with E-state index in [0.29, 0.717) is 13.1 Å². The van der Waals surface area contributed by atoms with Crippen LogP contribution in [-0.4, -0.2) is 64.8 Å². The van der Waals surface area contributed by atoms with Crippen LogP contribution in [0.3, 0.4) is 0 Å². The van der Waals surface area contributed by atoms with Gasteiger partial charge in [0.25, 0.3) is 0 Å². The van der Waals surface area contributed by atoms with Gasteiger partial charge >= 0.3 is 0 Å². The van der Waals surface area contributed by atoms with Gasteiger partial charge in [-0.05, 0) is 30.9 Å². The molecule has 3 amide bonds. The van der Waals surface area contributed by atoms with E-state index in [2.05, 4.69) is 5.32 Å². The lowest BCUT2D eigenvalue weighted by atomic mass is 9.99. The number of hydrogen-bond donors (Lipinski definition) is 1. The zero-order chi connectivity index (χ0) is 22.7. The number of ether oxygens (including phenoxy) is 1. The van der Waals surface area contributed by atoms with E-state index in [1.807, 2.05) is 67.8 Å². The van der Waals surface area contributed by atoms with Crippen LogP contribution in [-0.2, 0) is 14.4 Å². The van der Waals surface area contributed by atoms with Crippen molar-refractivity contribution in [2.45, 2.75) is 71.7 Å². The molecule has 3 rings (SSSR count). The van der Waals surface area contributed by atoms with Crippen LogP contribution in [0.1, 0.15) is 47.5 Å². The second-order valence-electron chi connectivity index (χ2n) is 9.06. The normalized spacial score (nSPS) is 24.6. The molecule has 2 heterocycles.